The zero-order valence-electron chi connectivity index (χ0n) is 11.4. The van der Waals surface area contributed by atoms with E-state index in [0.717, 1.165) is 0 Å². The molecule has 0 bridgehead atoms. The maximum absolute atomic E-state index is 12.0. The third-order valence-electron chi connectivity index (χ3n) is 2.86. The molecule has 1 heterocycles. The fourth-order valence-corrected chi connectivity index (χ4v) is 1.90. The Kier molecular flexibility index (Phi) is 3.84. The molecule has 0 saturated carbocycles. The monoisotopic (exact) mass is 272 g/mol. The average Bonchev–Trinajstić information content (AvgIpc) is 2.36. The minimum absolute atomic E-state index is 0.0910. The SMILES string of the molecule is Cc1cc(=O)n(CC(=O)Nc2ccccc2N)c(C)n1. The van der Waals surface area contributed by atoms with E-state index in [4.69, 9.17) is 5.73 Å². The Hall–Kier alpha value is -2.63. The molecule has 0 fully saturated rings. The van der Waals surface area contributed by atoms with Crippen molar-refractivity contribution in [1.82, 2.24) is 9.55 Å². The van der Waals surface area contributed by atoms with Gasteiger partial charge in [0.1, 0.15) is 12.4 Å². The highest BCUT2D eigenvalue weighted by Crippen LogP contribution is 2.16. The van der Waals surface area contributed by atoms with Crippen LogP contribution in [0.5, 0.6) is 0 Å². The standard InChI is InChI=1S/C14H16N4O2/c1-9-7-14(20)18(10(2)16-9)8-13(19)17-12-6-4-3-5-11(12)15/h3-7H,8,15H2,1-2H3,(H,17,19). The van der Waals surface area contributed by atoms with E-state index in [1.807, 2.05) is 0 Å². The molecule has 2 rings (SSSR count). The quantitative estimate of drug-likeness (QED) is 0.818. The first-order chi connectivity index (χ1) is 9.47. The summed E-state index contributed by atoms with van der Waals surface area (Å²) in [5.74, 6) is 0.185. The molecular formula is C14H16N4O2. The number of aromatic nitrogens is 2. The largest absolute Gasteiger partial charge is 0.397 e. The number of amides is 1. The highest BCUT2D eigenvalue weighted by Gasteiger charge is 2.09. The van der Waals surface area contributed by atoms with E-state index < -0.39 is 0 Å². The summed E-state index contributed by atoms with van der Waals surface area (Å²) >= 11 is 0. The predicted octanol–water partition coefficient (Wildman–Crippen LogP) is 1.08. The molecule has 6 heteroatoms. The van der Waals surface area contributed by atoms with Crippen molar-refractivity contribution >= 4 is 17.3 Å². The van der Waals surface area contributed by atoms with Gasteiger partial charge in [0.25, 0.3) is 5.56 Å². The number of carbonyl (C=O) groups excluding carboxylic acids is 1. The van der Waals surface area contributed by atoms with Gasteiger partial charge in [0.15, 0.2) is 0 Å². The second-order valence-corrected chi connectivity index (χ2v) is 4.50. The van der Waals surface area contributed by atoms with E-state index >= 15 is 0 Å². The first-order valence-corrected chi connectivity index (χ1v) is 6.17. The molecule has 1 aromatic carbocycles. The van der Waals surface area contributed by atoms with Gasteiger partial charge in [-0.15, -0.1) is 0 Å². The number of hydrogen-bond donors (Lipinski definition) is 2. The summed E-state index contributed by atoms with van der Waals surface area (Å²) in [6, 6.07) is 8.36. The molecule has 1 aromatic heterocycles. The topological polar surface area (TPSA) is 90.0 Å². The van der Waals surface area contributed by atoms with Gasteiger partial charge in [0.2, 0.25) is 5.91 Å². The first kappa shape index (κ1) is 13.8. The number of carbonyl (C=O) groups is 1. The van der Waals surface area contributed by atoms with Crippen LogP contribution in [-0.2, 0) is 11.3 Å². The molecule has 0 unspecified atom stereocenters. The van der Waals surface area contributed by atoms with Crippen molar-refractivity contribution in [2.24, 2.45) is 0 Å². The summed E-state index contributed by atoms with van der Waals surface area (Å²) in [4.78, 5) is 28.0. The van der Waals surface area contributed by atoms with Crippen LogP contribution in [0.2, 0.25) is 0 Å². The van der Waals surface area contributed by atoms with Gasteiger partial charge in [-0.3, -0.25) is 14.2 Å². The molecule has 0 aliphatic rings. The first-order valence-electron chi connectivity index (χ1n) is 6.17. The van der Waals surface area contributed by atoms with Crippen molar-refractivity contribution in [3.8, 4) is 0 Å². The Balaban J connectivity index is 2.17. The molecule has 0 radical (unpaired) electrons. The summed E-state index contributed by atoms with van der Waals surface area (Å²) in [6.07, 6.45) is 0. The Morgan fingerprint density at radius 1 is 1.35 bits per heavy atom. The van der Waals surface area contributed by atoms with Gasteiger partial charge in [-0.1, -0.05) is 12.1 Å². The van der Waals surface area contributed by atoms with Crippen molar-refractivity contribution in [3.05, 3.63) is 52.2 Å². The maximum atomic E-state index is 12.0. The Bertz CT molecular complexity index is 707. The van der Waals surface area contributed by atoms with Crippen LogP contribution in [0.4, 0.5) is 11.4 Å². The van der Waals surface area contributed by atoms with E-state index in [9.17, 15) is 9.59 Å². The van der Waals surface area contributed by atoms with E-state index in [0.29, 0.717) is 22.9 Å². The fourth-order valence-electron chi connectivity index (χ4n) is 1.90. The molecule has 0 atom stereocenters. The zero-order chi connectivity index (χ0) is 14.7. The predicted molar refractivity (Wildman–Crippen MR) is 77.5 cm³/mol. The van der Waals surface area contributed by atoms with Gasteiger partial charge >= 0.3 is 0 Å². The van der Waals surface area contributed by atoms with Gasteiger partial charge in [-0.05, 0) is 26.0 Å². The van der Waals surface area contributed by atoms with Crippen molar-refractivity contribution < 1.29 is 4.79 Å². The van der Waals surface area contributed by atoms with Crippen LogP contribution in [0.3, 0.4) is 0 Å². The number of rotatable bonds is 3. The van der Waals surface area contributed by atoms with Gasteiger partial charge in [-0.25, -0.2) is 4.98 Å². The minimum atomic E-state index is -0.321. The van der Waals surface area contributed by atoms with Crippen molar-refractivity contribution in [2.75, 3.05) is 11.1 Å². The van der Waals surface area contributed by atoms with Gasteiger partial charge in [0, 0.05) is 11.8 Å². The Morgan fingerprint density at radius 3 is 2.70 bits per heavy atom. The molecule has 3 N–H and O–H groups in total. The summed E-state index contributed by atoms with van der Waals surface area (Å²) in [7, 11) is 0. The highest BCUT2D eigenvalue weighted by atomic mass is 16.2. The molecular weight excluding hydrogens is 256 g/mol. The molecule has 6 nitrogen and oxygen atoms in total. The molecule has 1 amide bonds. The van der Waals surface area contributed by atoms with Gasteiger partial charge in [-0.2, -0.15) is 0 Å². The van der Waals surface area contributed by atoms with Crippen molar-refractivity contribution in [1.29, 1.82) is 0 Å². The Morgan fingerprint density at radius 2 is 2.05 bits per heavy atom. The number of nitrogen functional groups attached to an aromatic ring is 1. The lowest BCUT2D eigenvalue weighted by Gasteiger charge is -2.11. The number of benzene rings is 1. The zero-order valence-corrected chi connectivity index (χ0v) is 11.4. The molecule has 104 valence electrons. The smallest absolute Gasteiger partial charge is 0.254 e. The van der Waals surface area contributed by atoms with E-state index in [1.54, 1.807) is 38.1 Å². The lowest BCUT2D eigenvalue weighted by atomic mass is 10.2. The molecule has 20 heavy (non-hydrogen) atoms. The van der Waals surface area contributed by atoms with Crippen LogP contribution in [-0.4, -0.2) is 15.5 Å². The fraction of sp³-hybridized carbons (Fsp3) is 0.214. The van der Waals surface area contributed by atoms with Crippen molar-refractivity contribution in [3.63, 3.8) is 0 Å². The number of nitrogens with two attached hydrogens (primary N) is 1. The van der Waals surface area contributed by atoms with Crippen LogP contribution < -0.4 is 16.6 Å². The van der Waals surface area contributed by atoms with Crippen LogP contribution >= 0.6 is 0 Å². The summed E-state index contributed by atoms with van der Waals surface area (Å²) in [5, 5.41) is 2.68. The summed E-state index contributed by atoms with van der Waals surface area (Å²) < 4.78 is 1.32. The highest BCUT2D eigenvalue weighted by molar-refractivity contribution is 5.93. The number of aryl methyl sites for hydroxylation is 2. The minimum Gasteiger partial charge on any atom is -0.397 e. The third kappa shape index (κ3) is 3.03. The lowest BCUT2D eigenvalue weighted by Crippen LogP contribution is -2.30. The molecule has 0 aliphatic heterocycles. The summed E-state index contributed by atoms with van der Waals surface area (Å²) in [6.45, 7) is 3.34. The van der Waals surface area contributed by atoms with Crippen LogP contribution in [0.15, 0.2) is 35.1 Å². The molecule has 2 aromatic rings. The maximum Gasteiger partial charge on any atom is 0.254 e. The van der Waals surface area contributed by atoms with Gasteiger partial charge in [0.05, 0.1) is 11.4 Å². The van der Waals surface area contributed by atoms with Crippen molar-refractivity contribution in [2.45, 2.75) is 20.4 Å². The lowest BCUT2D eigenvalue weighted by molar-refractivity contribution is -0.116. The third-order valence-corrected chi connectivity index (χ3v) is 2.86. The second kappa shape index (κ2) is 5.56. The van der Waals surface area contributed by atoms with Crippen LogP contribution in [0, 0.1) is 13.8 Å². The summed E-state index contributed by atoms with van der Waals surface area (Å²) in [5.41, 5.74) is 7.15. The molecule has 0 spiro atoms. The number of anilines is 2. The normalized spacial score (nSPS) is 10.3. The molecule has 0 saturated heterocycles. The van der Waals surface area contributed by atoms with Crippen LogP contribution in [0.25, 0.3) is 0 Å². The number of para-hydroxylation sites is 2. The number of nitrogens with one attached hydrogen (secondary N) is 1. The Labute approximate surface area is 116 Å². The van der Waals surface area contributed by atoms with E-state index in [1.165, 1.54) is 10.6 Å². The average molecular weight is 272 g/mol. The van der Waals surface area contributed by atoms with Gasteiger partial charge < -0.3 is 11.1 Å². The molecule has 0 aliphatic carbocycles. The number of hydrogen-bond acceptors (Lipinski definition) is 4. The van der Waals surface area contributed by atoms with Crippen LogP contribution in [0.1, 0.15) is 11.5 Å². The number of nitrogens with zero attached hydrogens (tertiary/aromatic N) is 2. The van der Waals surface area contributed by atoms with E-state index in [-0.39, 0.29) is 18.0 Å². The second-order valence-electron chi connectivity index (χ2n) is 4.50. The van der Waals surface area contributed by atoms with E-state index in [2.05, 4.69) is 10.3 Å².